The van der Waals surface area contributed by atoms with Crippen LogP contribution in [0.1, 0.15) is 39.1 Å². The standard InChI is InChI=1S/C16H21N3O3/c1-22-16(21)14-7-6-13(11-12(14)5-4-9-18)15(20)19-10-3-2-8-17/h6-7,11H,2-3,8-10,17-18H2,1H3,(H,19,20). The monoisotopic (exact) mass is 303 g/mol. The maximum Gasteiger partial charge on any atom is 0.339 e. The summed E-state index contributed by atoms with van der Waals surface area (Å²) in [5.41, 5.74) is 11.9. The molecule has 0 aliphatic heterocycles. The molecule has 6 heteroatoms. The van der Waals surface area contributed by atoms with Crippen molar-refractivity contribution in [3.05, 3.63) is 34.9 Å². The SMILES string of the molecule is COC(=O)c1ccc(C(=O)NCCCCN)cc1C#CCN. The lowest BCUT2D eigenvalue weighted by molar-refractivity contribution is 0.0600. The Hall–Kier alpha value is -2.36. The molecule has 1 aromatic carbocycles. The Bertz CT molecular complexity index is 588. The fourth-order valence-electron chi connectivity index (χ4n) is 1.80. The highest BCUT2D eigenvalue weighted by Gasteiger charge is 2.13. The number of methoxy groups -OCH3 is 1. The highest BCUT2D eigenvalue weighted by Crippen LogP contribution is 2.13. The molecule has 1 amide bonds. The number of hydrogen-bond donors (Lipinski definition) is 3. The van der Waals surface area contributed by atoms with Gasteiger partial charge in [0.05, 0.1) is 19.2 Å². The summed E-state index contributed by atoms with van der Waals surface area (Å²) < 4.78 is 4.70. The van der Waals surface area contributed by atoms with Gasteiger partial charge in [-0.2, -0.15) is 0 Å². The van der Waals surface area contributed by atoms with Crippen LogP contribution in [0.3, 0.4) is 0 Å². The highest BCUT2D eigenvalue weighted by molar-refractivity contribution is 5.98. The largest absolute Gasteiger partial charge is 0.465 e. The average Bonchev–Trinajstić information content (AvgIpc) is 2.55. The van der Waals surface area contributed by atoms with E-state index in [1.165, 1.54) is 13.2 Å². The van der Waals surface area contributed by atoms with Crippen molar-refractivity contribution in [1.29, 1.82) is 0 Å². The summed E-state index contributed by atoms with van der Waals surface area (Å²) in [7, 11) is 1.29. The molecule has 5 N–H and O–H groups in total. The molecule has 0 fully saturated rings. The smallest absolute Gasteiger partial charge is 0.339 e. The number of benzene rings is 1. The molecule has 1 aromatic rings. The van der Waals surface area contributed by atoms with Crippen LogP contribution in [0, 0.1) is 11.8 Å². The molecule has 0 aliphatic carbocycles. The van der Waals surface area contributed by atoms with E-state index in [0.717, 1.165) is 12.8 Å². The summed E-state index contributed by atoms with van der Waals surface area (Å²) in [5, 5.41) is 2.80. The van der Waals surface area contributed by atoms with E-state index in [4.69, 9.17) is 16.2 Å². The molecule has 0 spiro atoms. The van der Waals surface area contributed by atoms with Crippen LogP contribution in [-0.2, 0) is 4.74 Å². The van der Waals surface area contributed by atoms with Gasteiger partial charge in [-0.25, -0.2) is 4.79 Å². The lowest BCUT2D eigenvalue weighted by Gasteiger charge is -2.07. The molecule has 118 valence electrons. The molecule has 6 nitrogen and oxygen atoms in total. The van der Waals surface area contributed by atoms with Gasteiger partial charge in [-0.15, -0.1) is 0 Å². The number of nitrogens with two attached hydrogens (primary N) is 2. The molecule has 0 radical (unpaired) electrons. The van der Waals surface area contributed by atoms with E-state index in [0.29, 0.717) is 29.8 Å². The number of carbonyl (C=O) groups excluding carboxylic acids is 2. The van der Waals surface area contributed by atoms with E-state index in [9.17, 15) is 9.59 Å². The van der Waals surface area contributed by atoms with Gasteiger partial charge in [-0.1, -0.05) is 11.8 Å². The van der Waals surface area contributed by atoms with Crippen LogP contribution >= 0.6 is 0 Å². The molecule has 0 aliphatic rings. The van der Waals surface area contributed by atoms with Gasteiger partial charge in [0.25, 0.3) is 5.91 Å². The molecule has 0 heterocycles. The van der Waals surface area contributed by atoms with E-state index >= 15 is 0 Å². The van der Waals surface area contributed by atoms with Gasteiger partial charge in [0.1, 0.15) is 0 Å². The summed E-state index contributed by atoms with van der Waals surface area (Å²) in [6, 6.07) is 4.66. The zero-order valence-corrected chi connectivity index (χ0v) is 12.6. The molecule has 22 heavy (non-hydrogen) atoms. The number of unbranched alkanes of at least 4 members (excludes halogenated alkanes) is 1. The fourth-order valence-corrected chi connectivity index (χ4v) is 1.80. The van der Waals surface area contributed by atoms with Gasteiger partial charge in [0.2, 0.25) is 0 Å². The number of nitrogens with one attached hydrogen (secondary N) is 1. The Labute approximate surface area is 130 Å². The third-order valence-electron chi connectivity index (χ3n) is 2.93. The van der Waals surface area contributed by atoms with Crippen molar-refractivity contribution in [3.63, 3.8) is 0 Å². The topological polar surface area (TPSA) is 107 Å². The zero-order chi connectivity index (χ0) is 16.4. The van der Waals surface area contributed by atoms with Gasteiger partial charge in [-0.05, 0) is 37.6 Å². The van der Waals surface area contributed by atoms with Crippen LogP contribution in [0.5, 0.6) is 0 Å². The van der Waals surface area contributed by atoms with Gasteiger partial charge in [0.15, 0.2) is 0 Å². The lowest BCUT2D eigenvalue weighted by atomic mass is 10.0. The van der Waals surface area contributed by atoms with Crippen molar-refractivity contribution in [2.75, 3.05) is 26.7 Å². The first-order chi connectivity index (χ1) is 10.6. The minimum atomic E-state index is -0.503. The number of carbonyl (C=O) groups is 2. The second kappa shape index (κ2) is 9.55. The van der Waals surface area contributed by atoms with E-state index in [2.05, 4.69) is 17.2 Å². The average molecular weight is 303 g/mol. The predicted molar refractivity (Wildman–Crippen MR) is 84.3 cm³/mol. The maximum atomic E-state index is 12.1. The van der Waals surface area contributed by atoms with E-state index in [1.807, 2.05) is 0 Å². The second-order valence-electron chi connectivity index (χ2n) is 4.51. The molecule has 0 saturated carbocycles. The van der Waals surface area contributed by atoms with Crippen LogP contribution in [0.2, 0.25) is 0 Å². The summed E-state index contributed by atoms with van der Waals surface area (Å²) in [5.74, 6) is 4.74. The van der Waals surface area contributed by atoms with Crippen LogP contribution < -0.4 is 16.8 Å². The van der Waals surface area contributed by atoms with Crippen molar-refractivity contribution >= 4 is 11.9 Å². The summed E-state index contributed by atoms with van der Waals surface area (Å²) >= 11 is 0. The van der Waals surface area contributed by atoms with Crippen molar-refractivity contribution < 1.29 is 14.3 Å². The first kappa shape index (κ1) is 17.7. The number of ether oxygens (including phenoxy) is 1. The van der Waals surface area contributed by atoms with Crippen molar-refractivity contribution in [1.82, 2.24) is 5.32 Å². The van der Waals surface area contributed by atoms with Crippen LogP contribution in [-0.4, -0.2) is 38.6 Å². The normalized spacial score (nSPS) is 9.59. The molecule has 0 atom stereocenters. The lowest BCUT2D eigenvalue weighted by Crippen LogP contribution is -2.25. The Morgan fingerprint density at radius 1 is 1.27 bits per heavy atom. The van der Waals surface area contributed by atoms with Gasteiger partial charge in [-0.3, -0.25) is 4.79 Å². The first-order valence-corrected chi connectivity index (χ1v) is 7.03. The van der Waals surface area contributed by atoms with Gasteiger partial charge in [0, 0.05) is 17.7 Å². The maximum absolute atomic E-state index is 12.1. The quantitative estimate of drug-likeness (QED) is 0.397. The summed E-state index contributed by atoms with van der Waals surface area (Å²) in [6.07, 6.45) is 1.68. The minimum Gasteiger partial charge on any atom is -0.465 e. The minimum absolute atomic E-state index is 0.163. The zero-order valence-electron chi connectivity index (χ0n) is 12.6. The van der Waals surface area contributed by atoms with Crippen molar-refractivity contribution in [2.24, 2.45) is 11.5 Å². The number of amides is 1. The number of rotatable bonds is 6. The number of hydrogen-bond acceptors (Lipinski definition) is 5. The Morgan fingerprint density at radius 2 is 2.05 bits per heavy atom. The molecule has 0 saturated heterocycles. The molecule has 1 rings (SSSR count). The second-order valence-corrected chi connectivity index (χ2v) is 4.51. The fraction of sp³-hybridized carbons (Fsp3) is 0.375. The van der Waals surface area contributed by atoms with Crippen LogP contribution in [0.15, 0.2) is 18.2 Å². The first-order valence-electron chi connectivity index (χ1n) is 7.03. The van der Waals surface area contributed by atoms with E-state index in [1.54, 1.807) is 12.1 Å². The Kier molecular flexibility index (Phi) is 7.68. The highest BCUT2D eigenvalue weighted by atomic mass is 16.5. The molecule has 0 unspecified atom stereocenters. The molecule has 0 bridgehead atoms. The Morgan fingerprint density at radius 3 is 2.68 bits per heavy atom. The third kappa shape index (κ3) is 5.20. The summed E-state index contributed by atoms with van der Waals surface area (Å²) in [4.78, 5) is 23.7. The molecule has 0 aromatic heterocycles. The summed E-state index contributed by atoms with van der Waals surface area (Å²) in [6.45, 7) is 1.32. The van der Waals surface area contributed by atoms with Crippen LogP contribution in [0.25, 0.3) is 0 Å². The number of esters is 1. The van der Waals surface area contributed by atoms with E-state index in [-0.39, 0.29) is 12.5 Å². The third-order valence-corrected chi connectivity index (χ3v) is 2.93. The van der Waals surface area contributed by atoms with E-state index < -0.39 is 5.97 Å². The Balaban J connectivity index is 2.93. The van der Waals surface area contributed by atoms with Crippen LogP contribution in [0.4, 0.5) is 0 Å². The molecular formula is C16H21N3O3. The van der Waals surface area contributed by atoms with Gasteiger partial charge < -0.3 is 21.5 Å². The predicted octanol–water partition coefficient (Wildman–Crippen LogP) is 0.252. The molecular weight excluding hydrogens is 282 g/mol. The van der Waals surface area contributed by atoms with Crippen molar-refractivity contribution in [2.45, 2.75) is 12.8 Å². The van der Waals surface area contributed by atoms with Crippen molar-refractivity contribution in [3.8, 4) is 11.8 Å². The van der Waals surface area contributed by atoms with Gasteiger partial charge >= 0.3 is 5.97 Å².